The largest absolute Gasteiger partial charge is 0.371 e. The highest BCUT2D eigenvalue weighted by atomic mass is 15.1. The summed E-state index contributed by atoms with van der Waals surface area (Å²) in [6, 6.07) is 6.83. The Kier molecular flexibility index (Phi) is 4.51. The molecule has 0 aliphatic carbocycles. The molecule has 1 heterocycles. The third kappa shape index (κ3) is 3.30. The number of piperidine rings is 1. The van der Waals surface area contributed by atoms with Gasteiger partial charge in [0.05, 0.1) is 0 Å². The quantitative estimate of drug-likeness (QED) is 0.897. The molecule has 2 nitrogen and oxygen atoms in total. The first-order chi connectivity index (χ1) is 9.08. The molecule has 1 saturated heterocycles. The number of nitrogens with zero attached hydrogens (tertiary/aromatic N) is 1. The Morgan fingerprint density at radius 1 is 1.26 bits per heavy atom. The van der Waals surface area contributed by atoms with Gasteiger partial charge in [-0.25, -0.2) is 0 Å². The van der Waals surface area contributed by atoms with E-state index in [1.165, 1.54) is 49.2 Å². The van der Waals surface area contributed by atoms with Crippen molar-refractivity contribution in [2.45, 2.75) is 46.5 Å². The van der Waals surface area contributed by atoms with Crippen LogP contribution in [0.4, 0.5) is 5.69 Å². The van der Waals surface area contributed by atoms with Crippen LogP contribution in [0.1, 0.15) is 44.2 Å². The maximum absolute atomic E-state index is 5.63. The van der Waals surface area contributed by atoms with E-state index < -0.39 is 0 Å². The molecule has 0 unspecified atom stereocenters. The van der Waals surface area contributed by atoms with Crippen LogP contribution < -0.4 is 10.6 Å². The van der Waals surface area contributed by atoms with E-state index in [0.29, 0.717) is 5.41 Å². The predicted octanol–water partition coefficient (Wildman–Crippen LogP) is 3.51. The van der Waals surface area contributed by atoms with E-state index in [1.807, 2.05) is 0 Å². The Bertz CT molecular complexity index is 417. The van der Waals surface area contributed by atoms with Gasteiger partial charge < -0.3 is 10.6 Å². The van der Waals surface area contributed by atoms with Gasteiger partial charge >= 0.3 is 0 Å². The second-order valence-electron chi connectivity index (χ2n) is 6.31. The summed E-state index contributed by atoms with van der Waals surface area (Å²) < 4.78 is 0. The van der Waals surface area contributed by atoms with Gasteiger partial charge in [-0.1, -0.05) is 32.4 Å². The number of aryl methyl sites for hydroxylation is 1. The molecule has 2 rings (SSSR count). The minimum absolute atomic E-state index is 0.559. The SMILES string of the molecule is CCC1(C)CCN(c2ccc(CCN)cc2C)CC1. The van der Waals surface area contributed by atoms with Gasteiger partial charge in [-0.3, -0.25) is 0 Å². The van der Waals surface area contributed by atoms with Crippen molar-refractivity contribution < 1.29 is 0 Å². The Labute approximate surface area is 118 Å². The molecule has 0 amide bonds. The molecule has 1 fully saturated rings. The highest BCUT2D eigenvalue weighted by Crippen LogP contribution is 2.36. The fourth-order valence-corrected chi connectivity index (χ4v) is 3.04. The van der Waals surface area contributed by atoms with E-state index in [1.54, 1.807) is 0 Å². The Balaban J connectivity index is 2.07. The lowest BCUT2D eigenvalue weighted by molar-refractivity contribution is 0.238. The van der Waals surface area contributed by atoms with Crippen LogP contribution in [0, 0.1) is 12.3 Å². The van der Waals surface area contributed by atoms with Gasteiger partial charge in [-0.15, -0.1) is 0 Å². The molecular weight excluding hydrogens is 232 g/mol. The number of nitrogens with two attached hydrogens (primary N) is 1. The summed E-state index contributed by atoms with van der Waals surface area (Å²) >= 11 is 0. The molecule has 1 aliphatic rings. The summed E-state index contributed by atoms with van der Waals surface area (Å²) in [7, 11) is 0. The molecule has 1 aromatic rings. The lowest BCUT2D eigenvalue weighted by Gasteiger charge is -2.40. The highest BCUT2D eigenvalue weighted by molar-refractivity contribution is 5.54. The Morgan fingerprint density at radius 3 is 2.47 bits per heavy atom. The molecule has 2 N–H and O–H groups in total. The molecule has 19 heavy (non-hydrogen) atoms. The van der Waals surface area contributed by atoms with Gasteiger partial charge in [0.15, 0.2) is 0 Å². The van der Waals surface area contributed by atoms with Gasteiger partial charge in [-0.2, -0.15) is 0 Å². The van der Waals surface area contributed by atoms with Crippen LogP contribution in [0.5, 0.6) is 0 Å². The monoisotopic (exact) mass is 260 g/mol. The molecule has 2 heteroatoms. The summed E-state index contributed by atoms with van der Waals surface area (Å²) in [6.07, 6.45) is 4.91. The molecule has 1 aliphatic heterocycles. The number of rotatable bonds is 4. The van der Waals surface area contributed by atoms with Crippen molar-refractivity contribution in [3.8, 4) is 0 Å². The lowest BCUT2D eigenvalue weighted by Crippen LogP contribution is -2.38. The molecule has 0 bridgehead atoms. The third-order valence-corrected chi connectivity index (χ3v) is 4.86. The first-order valence-electron chi connectivity index (χ1n) is 7.62. The molecular formula is C17H28N2. The standard InChI is InChI=1S/C17H28N2/c1-4-17(3)8-11-19(12-9-17)16-6-5-15(7-10-18)13-14(16)2/h5-6,13H,4,7-12,18H2,1-3H3. The number of hydrogen-bond acceptors (Lipinski definition) is 2. The fraction of sp³-hybridized carbons (Fsp3) is 0.647. The topological polar surface area (TPSA) is 29.3 Å². The first-order valence-corrected chi connectivity index (χ1v) is 7.62. The van der Waals surface area contributed by atoms with Crippen LogP contribution >= 0.6 is 0 Å². The van der Waals surface area contributed by atoms with Crippen LogP contribution in [-0.2, 0) is 6.42 Å². The summed E-state index contributed by atoms with van der Waals surface area (Å²) in [5.41, 5.74) is 10.4. The highest BCUT2D eigenvalue weighted by Gasteiger charge is 2.28. The number of anilines is 1. The normalized spacial score (nSPS) is 18.6. The molecule has 0 aromatic heterocycles. The summed E-state index contributed by atoms with van der Waals surface area (Å²) in [4.78, 5) is 2.55. The van der Waals surface area contributed by atoms with Crippen molar-refractivity contribution in [3.05, 3.63) is 29.3 Å². The average Bonchev–Trinajstić information content (AvgIpc) is 2.41. The smallest absolute Gasteiger partial charge is 0.0396 e. The second-order valence-corrected chi connectivity index (χ2v) is 6.31. The Morgan fingerprint density at radius 2 is 1.95 bits per heavy atom. The van der Waals surface area contributed by atoms with E-state index >= 15 is 0 Å². The van der Waals surface area contributed by atoms with Gasteiger partial charge in [0.25, 0.3) is 0 Å². The zero-order chi connectivity index (χ0) is 13.9. The van der Waals surface area contributed by atoms with E-state index in [-0.39, 0.29) is 0 Å². The third-order valence-electron chi connectivity index (χ3n) is 4.86. The average molecular weight is 260 g/mol. The Hall–Kier alpha value is -1.02. The minimum atomic E-state index is 0.559. The van der Waals surface area contributed by atoms with Crippen molar-refractivity contribution in [2.24, 2.45) is 11.1 Å². The fourth-order valence-electron chi connectivity index (χ4n) is 3.04. The zero-order valence-corrected chi connectivity index (χ0v) is 12.7. The van der Waals surface area contributed by atoms with Crippen LogP contribution in [0.15, 0.2) is 18.2 Å². The maximum atomic E-state index is 5.63. The number of benzene rings is 1. The van der Waals surface area contributed by atoms with Gasteiger partial charge in [0.1, 0.15) is 0 Å². The van der Waals surface area contributed by atoms with E-state index in [0.717, 1.165) is 13.0 Å². The maximum Gasteiger partial charge on any atom is 0.0396 e. The lowest BCUT2D eigenvalue weighted by atomic mass is 9.78. The van der Waals surface area contributed by atoms with Crippen molar-refractivity contribution in [2.75, 3.05) is 24.5 Å². The van der Waals surface area contributed by atoms with Crippen LogP contribution in [-0.4, -0.2) is 19.6 Å². The van der Waals surface area contributed by atoms with Crippen LogP contribution in [0.25, 0.3) is 0 Å². The molecule has 106 valence electrons. The van der Waals surface area contributed by atoms with Gasteiger partial charge in [0.2, 0.25) is 0 Å². The van der Waals surface area contributed by atoms with E-state index in [9.17, 15) is 0 Å². The van der Waals surface area contributed by atoms with Crippen molar-refractivity contribution >= 4 is 5.69 Å². The van der Waals surface area contributed by atoms with Crippen LogP contribution in [0.2, 0.25) is 0 Å². The molecule has 0 atom stereocenters. The minimum Gasteiger partial charge on any atom is -0.371 e. The van der Waals surface area contributed by atoms with E-state index in [2.05, 4.69) is 43.9 Å². The molecule has 1 aromatic carbocycles. The van der Waals surface area contributed by atoms with Crippen molar-refractivity contribution in [1.29, 1.82) is 0 Å². The van der Waals surface area contributed by atoms with Gasteiger partial charge in [-0.05, 0) is 55.3 Å². The van der Waals surface area contributed by atoms with Crippen molar-refractivity contribution in [1.82, 2.24) is 0 Å². The predicted molar refractivity (Wildman–Crippen MR) is 83.8 cm³/mol. The zero-order valence-electron chi connectivity index (χ0n) is 12.7. The van der Waals surface area contributed by atoms with Gasteiger partial charge in [0, 0.05) is 18.8 Å². The van der Waals surface area contributed by atoms with Crippen molar-refractivity contribution in [3.63, 3.8) is 0 Å². The molecule has 0 radical (unpaired) electrons. The molecule has 0 spiro atoms. The van der Waals surface area contributed by atoms with Crippen LogP contribution in [0.3, 0.4) is 0 Å². The first kappa shape index (κ1) is 14.4. The molecule has 0 saturated carbocycles. The summed E-state index contributed by atoms with van der Waals surface area (Å²) in [5, 5.41) is 0. The summed E-state index contributed by atoms with van der Waals surface area (Å²) in [5.74, 6) is 0. The second kappa shape index (κ2) is 5.96. The number of hydrogen-bond donors (Lipinski definition) is 1. The van der Waals surface area contributed by atoms with E-state index in [4.69, 9.17) is 5.73 Å². The summed E-state index contributed by atoms with van der Waals surface area (Å²) in [6.45, 7) is 10.1.